The van der Waals surface area contributed by atoms with Crippen LogP contribution in [0, 0.1) is 0 Å². The molecule has 1 aromatic carbocycles. The number of benzene rings is 1. The summed E-state index contributed by atoms with van der Waals surface area (Å²) in [5, 5.41) is 2.76. The molecule has 0 saturated carbocycles. The van der Waals surface area contributed by atoms with Gasteiger partial charge in [0.25, 0.3) is 0 Å². The van der Waals surface area contributed by atoms with Gasteiger partial charge in [0.05, 0.1) is 19.6 Å². The minimum absolute atomic E-state index is 0.0584. The Bertz CT molecular complexity index is 488. The van der Waals surface area contributed by atoms with Crippen molar-refractivity contribution < 1.29 is 19.1 Å². The van der Waals surface area contributed by atoms with Gasteiger partial charge in [-0.1, -0.05) is 12.1 Å². The number of nitrogens with one attached hydrogen (secondary N) is 1. The first-order valence-corrected chi connectivity index (χ1v) is 7.78. The lowest BCUT2D eigenvalue weighted by Crippen LogP contribution is -2.39. The van der Waals surface area contributed by atoms with Gasteiger partial charge < -0.3 is 19.7 Å². The van der Waals surface area contributed by atoms with Gasteiger partial charge in [-0.3, -0.25) is 9.59 Å². The van der Waals surface area contributed by atoms with Gasteiger partial charge in [-0.05, 0) is 31.0 Å². The van der Waals surface area contributed by atoms with E-state index in [1.165, 1.54) is 4.90 Å². The Hall–Kier alpha value is -2.08. The van der Waals surface area contributed by atoms with Crippen LogP contribution in [0.3, 0.4) is 0 Å². The Morgan fingerprint density at radius 2 is 1.91 bits per heavy atom. The predicted molar refractivity (Wildman–Crippen MR) is 88.5 cm³/mol. The second-order valence-corrected chi connectivity index (χ2v) is 5.20. The molecule has 0 saturated heterocycles. The molecule has 0 unspecified atom stereocenters. The third-order valence-electron chi connectivity index (χ3n) is 3.24. The maximum Gasteiger partial charge on any atom is 0.239 e. The van der Waals surface area contributed by atoms with Crippen molar-refractivity contribution in [2.75, 3.05) is 40.5 Å². The molecule has 6 nitrogen and oxygen atoms in total. The maximum absolute atomic E-state index is 12.1. The van der Waals surface area contributed by atoms with Crippen LogP contribution >= 0.6 is 0 Å². The molecule has 0 heterocycles. The molecular formula is C17H26N2O4. The standard InChI is InChI=1S/C17H26N2O4/c1-4-23-15-8-6-14(7-9-15)12-17(21)19(2)13-16(20)18-10-5-11-22-3/h6-9H,4-5,10-13H2,1-3H3,(H,18,20). The Labute approximate surface area is 137 Å². The third-order valence-corrected chi connectivity index (χ3v) is 3.24. The Morgan fingerprint density at radius 1 is 1.22 bits per heavy atom. The molecule has 0 aliphatic heterocycles. The highest BCUT2D eigenvalue weighted by Crippen LogP contribution is 2.12. The van der Waals surface area contributed by atoms with Crippen LogP contribution < -0.4 is 10.1 Å². The molecule has 0 radical (unpaired) electrons. The average molecular weight is 322 g/mol. The Kier molecular flexibility index (Phi) is 8.75. The molecule has 0 aliphatic carbocycles. The largest absolute Gasteiger partial charge is 0.494 e. The van der Waals surface area contributed by atoms with Crippen molar-refractivity contribution in [3.8, 4) is 5.75 Å². The van der Waals surface area contributed by atoms with Gasteiger partial charge in [-0.15, -0.1) is 0 Å². The molecule has 2 amide bonds. The molecule has 0 fully saturated rings. The molecule has 0 atom stereocenters. The maximum atomic E-state index is 12.1. The molecule has 0 spiro atoms. The summed E-state index contributed by atoms with van der Waals surface area (Å²) in [6.45, 7) is 3.75. The number of rotatable bonds is 10. The highest BCUT2D eigenvalue weighted by atomic mass is 16.5. The lowest BCUT2D eigenvalue weighted by atomic mass is 10.1. The predicted octanol–water partition coefficient (Wildman–Crippen LogP) is 1.24. The van der Waals surface area contributed by atoms with Gasteiger partial charge in [-0.25, -0.2) is 0 Å². The van der Waals surface area contributed by atoms with E-state index in [1.807, 2.05) is 31.2 Å². The van der Waals surface area contributed by atoms with Gasteiger partial charge in [0, 0.05) is 27.3 Å². The van der Waals surface area contributed by atoms with E-state index in [4.69, 9.17) is 9.47 Å². The number of hydrogen-bond acceptors (Lipinski definition) is 4. The molecule has 0 bridgehead atoms. The van der Waals surface area contributed by atoms with Crippen molar-refractivity contribution in [2.45, 2.75) is 19.8 Å². The van der Waals surface area contributed by atoms with E-state index in [2.05, 4.69) is 5.32 Å². The van der Waals surface area contributed by atoms with Gasteiger partial charge in [0.15, 0.2) is 0 Å². The molecule has 1 aromatic rings. The van der Waals surface area contributed by atoms with E-state index in [0.717, 1.165) is 17.7 Å². The van der Waals surface area contributed by atoms with Crippen molar-refractivity contribution in [1.82, 2.24) is 10.2 Å². The molecule has 0 aliphatic rings. The number of hydrogen-bond donors (Lipinski definition) is 1. The lowest BCUT2D eigenvalue weighted by Gasteiger charge is -2.17. The van der Waals surface area contributed by atoms with Crippen LogP contribution in [-0.4, -0.2) is 57.2 Å². The molecule has 23 heavy (non-hydrogen) atoms. The number of carbonyl (C=O) groups is 2. The monoisotopic (exact) mass is 322 g/mol. The minimum atomic E-state index is -0.163. The number of likely N-dealkylation sites (N-methyl/N-ethyl adjacent to an activating group) is 1. The fourth-order valence-electron chi connectivity index (χ4n) is 1.98. The zero-order valence-corrected chi connectivity index (χ0v) is 14.1. The van der Waals surface area contributed by atoms with Crippen molar-refractivity contribution in [3.63, 3.8) is 0 Å². The number of ether oxygens (including phenoxy) is 2. The van der Waals surface area contributed by atoms with Crippen LogP contribution in [0.1, 0.15) is 18.9 Å². The summed E-state index contributed by atoms with van der Waals surface area (Å²) < 4.78 is 10.3. The van der Waals surface area contributed by atoms with Gasteiger partial charge in [0.2, 0.25) is 11.8 Å². The van der Waals surface area contributed by atoms with Crippen molar-refractivity contribution in [1.29, 1.82) is 0 Å². The summed E-state index contributed by atoms with van der Waals surface area (Å²) in [7, 11) is 3.25. The van der Waals surface area contributed by atoms with Gasteiger partial charge in [-0.2, -0.15) is 0 Å². The van der Waals surface area contributed by atoms with Crippen molar-refractivity contribution in [3.05, 3.63) is 29.8 Å². The van der Waals surface area contributed by atoms with E-state index >= 15 is 0 Å². The number of carbonyl (C=O) groups excluding carboxylic acids is 2. The lowest BCUT2D eigenvalue weighted by molar-refractivity contribution is -0.134. The van der Waals surface area contributed by atoms with Gasteiger partial charge in [0.1, 0.15) is 5.75 Å². The summed E-state index contributed by atoms with van der Waals surface area (Å²) in [4.78, 5) is 25.3. The van der Waals surface area contributed by atoms with Crippen LogP contribution in [0.25, 0.3) is 0 Å². The zero-order chi connectivity index (χ0) is 17.1. The molecular weight excluding hydrogens is 296 g/mol. The summed E-state index contributed by atoms with van der Waals surface area (Å²) in [5.41, 5.74) is 0.894. The molecule has 6 heteroatoms. The fourth-order valence-corrected chi connectivity index (χ4v) is 1.98. The Balaban J connectivity index is 2.36. The van der Waals surface area contributed by atoms with Crippen LogP contribution in [-0.2, 0) is 20.7 Å². The SMILES string of the molecule is CCOc1ccc(CC(=O)N(C)CC(=O)NCCCOC)cc1. The highest BCUT2D eigenvalue weighted by molar-refractivity contribution is 5.85. The summed E-state index contributed by atoms with van der Waals surface area (Å²) in [5.74, 6) is 0.525. The van der Waals surface area contributed by atoms with E-state index in [0.29, 0.717) is 19.8 Å². The first kappa shape index (κ1) is 19.0. The Morgan fingerprint density at radius 3 is 2.52 bits per heavy atom. The highest BCUT2D eigenvalue weighted by Gasteiger charge is 2.13. The van der Waals surface area contributed by atoms with E-state index in [1.54, 1.807) is 14.2 Å². The summed E-state index contributed by atoms with van der Waals surface area (Å²) in [6.07, 6.45) is 1.02. The second-order valence-electron chi connectivity index (χ2n) is 5.20. The van der Waals surface area contributed by atoms with E-state index < -0.39 is 0 Å². The molecule has 1 rings (SSSR count). The fraction of sp³-hybridized carbons (Fsp3) is 0.529. The molecule has 1 N–H and O–H groups in total. The quantitative estimate of drug-likeness (QED) is 0.658. The number of amides is 2. The minimum Gasteiger partial charge on any atom is -0.494 e. The smallest absolute Gasteiger partial charge is 0.239 e. The normalized spacial score (nSPS) is 10.2. The van der Waals surface area contributed by atoms with Crippen LogP contribution in [0.2, 0.25) is 0 Å². The topological polar surface area (TPSA) is 67.9 Å². The van der Waals surface area contributed by atoms with Crippen LogP contribution in [0.15, 0.2) is 24.3 Å². The third kappa shape index (κ3) is 7.65. The number of nitrogens with zero attached hydrogens (tertiary/aromatic N) is 1. The molecule has 128 valence electrons. The zero-order valence-electron chi connectivity index (χ0n) is 14.1. The summed E-state index contributed by atoms with van der Waals surface area (Å²) in [6, 6.07) is 7.41. The number of methoxy groups -OCH3 is 1. The van der Waals surface area contributed by atoms with E-state index in [-0.39, 0.29) is 24.8 Å². The van der Waals surface area contributed by atoms with Crippen LogP contribution in [0.4, 0.5) is 0 Å². The van der Waals surface area contributed by atoms with Crippen molar-refractivity contribution >= 4 is 11.8 Å². The van der Waals surface area contributed by atoms with Crippen molar-refractivity contribution in [2.24, 2.45) is 0 Å². The first-order chi connectivity index (χ1) is 11.1. The van der Waals surface area contributed by atoms with Crippen LogP contribution in [0.5, 0.6) is 5.75 Å². The molecule has 0 aromatic heterocycles. The summed E-state index contributed by atoms with van der Waals surface area (Å²) >= 11 is 0. The second kappa shape index (κ2) is 10.6. The first-order valence-electron chi connectivity index (χ1n) is 7.78. The van der Waals surface area contributed by atoms with E-state index in [9.17, 15) is 9.59 Å². The average Bonchev–Trinajstić information content (AvgIpc) is 2.53. The van der Waals surface area contributed by atoms with Gasteiger partial charge >= 0.3 is 0 Å².